The highest BCUT2D eigenvalue weighted by atomic mass is 16.5. The number of anilines is 2. The summed E-state index contributed by atoms with van der Waals surface area (Å²) in [5.74, 6) is -0.349. The quantitative estimate of drug-likeness (QED) is 0.683. The maximum atomic E-state index is 12.6. The number of imide groups is 1. The van der Waals surface area contributed by atoms with Crippen molar-refractivity contribution in [2.24, 2.45) is 0 Å². The van der Waals surface area contributed by atoms with Crippen LogP contribution in [0.25, 0.3) is 6.08 Å². The van der Waals surface area contributed by atoms with E-state index < -0.39 is 6.03 Å². The molecule has 0 aliphatic carbocycles. The van der Waals surface area contributed by atoms with Crippen LogP contribution in [0.3, 0.4) is 0 Å². The number of amides is 3. The van der Waals surface area contributed by atoms with Crippen LogP contribution < -0.4 is 15.1 Å². The van der Waals surface area contributed by atoms with Gasteiger partial charge in [-0.1, -0.05) is 30.3 Å². The third-order valence-electron chi connectivity index (χ3n) is 4.47. The van der Waals surface area contributed by atoms with Crippen molar-refractivity contribution in [2.45, 2.75) is 0 Å². The van der Waals surface area contributed by atoms with Crippen molar-refractivity contribution in [3.63, 3.8) is 0 Å². The summed E-state index contributed by atoms with van der Waals surface area (Å²) in [7, 11) is 0. The number of ether oxygens (including phenoxy) is 1. The summed E-state index contributed by atoms with van der Waals surface area (Å²) in [6.07, 6.45) is 1.70. The van der Waals surface area contributed by atoms with Gasteiger partial charge in [0.05, 0.1) is 18.9 Å². The molecule has 3 amide bonds. The molecule has 0 spiro atoms. The molecule has 0 aromatic heterocycles. The zero-order chi connectivity index (χ0) is 17.9. The predicted octanol–water partition coefficient (Wildman–Crippen LogP) is 2.62. The van der Waals surface area contributed by atoms with Gasteiger partial charge in [0.2, 0.25) is 0 Å². The Morgan fingerprint density at radius 3 is 2.27 bits per heavy atom. The Morgan fingerprint density at radius 2 is 1.58 bits per heavy atom. The molecular formula is C20H19N3O3. The number of para-hydroxylation sites is 1. The highest BCUT2D eigenvalue weighted by Crippen LogP contribution is 2.23. The van der Waals surface area contributed by atoms with E-state index in [4.69, 9.17) is 4.74 Å². The first-order valence-electron chi connectivity index (χ1n) is 8.57. The van der Waals surface area contributed by atoms with E-state index in [2.05, 4.69) is 10.2 Å². The lowest BCUT2D eigenvalue weighted by molar-refractivity contribution is -0.113. The Hall–Kier alpha value is -3.12. The maximum Gasteiger partial charge on any atom is 0.333 e. The standard InChI is InChI=1S/C20H19N3O3/c24-19-18(21-20(25)23(19)17-4-2-1-3-5-17)14-15-6-8-16(9-7-15)22-10-12-26-13-11-22/h1-9,14H,10-13H2,(H,21,25)/b18-14-. The van der Waals surface area contributed by atoms with Crippen molar-refractivity contribution in [1.29, 1.82) is 0 Å². The van der Waals surface area contributed by atoms with Crippen molar-refractivity contribution >= 4 is 29.4 Å². The third kappa shape index (κ3) is 3.19. The van der Waals surface area contributed by atoms with Crippen molar-refractivity contribution in [1.82, 2.24) is 5.32 Å². The first kappa shape index (κ1) is 16.4. The number of hydrogen-bond donors (Lipinski definition) is 1. The molecule has 2 aromatic carbocycles. The highest BCUT2D eigenvalue weighted by Gasteiger charge is 2.34. The number of nitrogens with one attached hydrogen (secondary N) is 1. The van der Waals surface area contributed by atoms with Crippen LogP contribution in [0.4, 0.5) is 16.2 Å². The topological polar surface area (TPSA) is 61.9 Å². The molecule has 0 unspecified atom stereocenters. The highest BCUT2D eigenvalue weighted by molar-refractivity contribution is 6.28. The normalized spacial score (nSPS) is 19.2. The molecule has 0 atom stereocenters. The summed E-state index contributed by atoms with van der Waals surface area (Å²) < 4.78 is 5.37. The van der Waals surface area contributed by atoms with E-state index in [1.165, 1.54) is 0 Å². The molecule has 2 aliphatic heterocycles. The summed E-state index contributed by atoms with van der Waals surface area (Å²) >= 11 is 0. The minimum absolute atomic E-state index is 0.276. The number of carbonyl (C=O) groups excluding carboxylic acids is 2. The van der Waals surface area contributed by atoms with Gasteiger partial charge in [-0.15, -0.1) is 0 Å². The molecule has 6 nitrogen and oxygen atoms in total. The van der Waals surface area contributed by atoms with Gasteiger partial charge in [0.1, 0.15) is 5.70 Å². The molecule has 0 saturated carbocycles. The lowest BCUT2D eigenvalue weighted by Gasteiger charge is -2.28. The fourth-order valence-corrected chi connectivity index (χ4v) is 3.12. The summed E-state index contributed by atoms with van der Waals surface area (Å²) in [5, 5.41) is 2.65. The molecule has 1 N–H and O–H groups in total. The summed E-state index contributed by atoms with van der Waals surface area (Å²) in [6, 6.07) is 16.4. The molecule has 0 bridgehead atoms. The minimum Gasteiger partial charge on any atom is -0.378 e. The molecule has 2 saturated heterocycles. The first-order chi connectivity index (χ1) is 12.7. The second-order valence-corrected chi connectivity index (χ2v) is 6.16. The number of rotatable bonds is 3. The van der Waals surface area contributed by atoms with Gasteiger partial charge in [-0.3, -0.25) is 4.79 Å². The van der Waals surface area contributed by atoms with Gasteiger partial charge < -0.3 is 15.0 Å². The Morgan fingerprint density at radius 1 is 0.885 bits per heavy atom. The van der Waals surface area contributed by atoms with Gasteiger partial charge in [0.15, 0.2) is 0 Å². The Labute approximate surface area is 151 Å². The average Bonchev–Trinajstić information content (AvgIpc) is 2.97. The molecule has 2 aromatic rings. The van der Waals surface area contributed by atoms with E-state index in [1.807, 2.05) is 30.3 Å². The van der Waals surface area contributed by atoms with Crippen molar-refractivity contribution in [2.75, 3.05) is 36.1 Å². The minimum atomic E-state index is -0.433. The Kier molecular flexibility index (Phi) is 4.41. The summed E-state index contributed by atoms with van der Waals surface area (Å²) in [5.41, 5.74) is 2.82. The van der Waals surface area contributed by atoms with Gasteiger partial charge in [0, 0.05) is 18.8 Å². The van der Waals surface area contributed by atoms with E-state index in [9.17, 15) is 9.59 Å². The van der Waals surface area contributed by atoms with Crippen LogP contribution in [0.2, 0.25) is 0 Å². The fourth-order valence-electron chi connectivity index (χ4n) is 3.12. The Balaban J connectivity index is 1.53. The summed E-state index contributed by atoms with van der Waals surface area (Å²) in [4.78, 5) is 28.2. The molecular weight excluding hydrogens is 330 g/mol. The number of hydrogen-bond acceptors (Lipinski definition) is 4. The zero-order valence-electron chi connectivity index (χ0n) is 14.2. The number of morpholine rings is 1. The van der Waals surface area contributed by atoms with E-state index in [1.54, 1.807) is 30.3 Å². The zero-order valence-corrected chi connectivity index (χ0v) is 14.2. The molecule has 2 heterocycles. The SMILES string of the molecule is O=C1N/C(=C\c2ccc(N3CCOCC3)cc2)C(=O)N1c1ccccc1. The second-order valence-electron chi connectivity index (χ2n) is 6.16. The molecule has 26 heavy (non-hydrogen) atoms. The number of nitrogens with zero attached hydrogens (tertiary/aromatic N) is 2. The maximum absolute atomic E-state index is 12.6. The predicted molar refractivity (Wildman–Crippen MR) is 99.9 cm³/mol. The fraction of sp³-hybridized carbons (Fsp3) is 0.200. The van der Waals surface area contributed by atoms with Gasteiger partial charge in [0.25, 0.3) is 5.91 Å². The van der Waals surface area contributed by atoms with Crippen LogP contribution >= 0.6 is 0 Å². The number of carbonyl (C=O) groups is 2. The van der Waals surface area contributed by atoms with Crippen LogP contribution in [0.1, 0.15) is 5.56 Å². The third-order valence-corrected chi connectivity index (χ3v) is 4.47. The van der Waals surface area contributed by atoms with Gasteiger partial charge >= 0.3 is 6.03 Å². The van der Waals surface area contributed by atoms with Crippen molar-refractivity contribution < 1.29 is 14.3 Å². The van der Waals surface area contributed by atoms with Crippen LogP contribution in [0.5, 0.6) is 0 Å². The Bertz CT molecular complexity index is 840. The smallest absolute Gasteiger partial charge is 0.333 e. The second kappa shape index (κ2) is 7.01. The molecule has 4 rings (SSSR count). The van der Waals surface area contributed by atoms with E-state index in [0.717, 1.165) is 42.5 Å². The molecule has 6 heteroatoms. The average molecular weight is 349 g/mol. The molecule has 2 aliphatic rings. The van der Waals surface area contributed by atoms with E-state index >= 15 is 0 Å². The first-order valence-corrected chi connectivity index (χ1v) is 8.57. The van der Waals surface area contributed by atoms with Crippen LogP contribution in [0.15, 0.2) is 60.3 Å². The monoisotopic (exact) mass is 349 g/mol. The van der Waals surface area contributed by atoms with Crippen molar-refractivity contribution in [3.05, 3.63) is 65.9 Å². The molecule has 2 fully saturated rings. The van der Waals surface area contributed by atoms with E-state index in [0.29, 0.717) is 5.69 Å². The van der Waals surface area contributed by atoms with Crippen LogP contribution in [-0.4, -0.2) is 38.2 Å². The van der Waals surface area contributed by atoms with Gasteiger partial charge in [-0.25, -0.2) is 9.69 Å². The number of benzene rings is 2. The van der Waals surface area contributed by atoms with E-state index in [-0.39, 0.29) is 11.6 Å². The van der Waals surface area contributed by atoms with Crippen molar-refractivity contribution in [3.8, 4) is 0 Å². The lowest BCUT2D eigenvalue weighted by atomic mass is 10.1. The van der Waals surface area contributed by atoms with Crippen LogP contribution in [0, 0.1) is 0 Å². The van der Waals surface area contributed by atoms with Crippen LogP contribution in [-0.2, 0) is 9.53 Å². The van der Waals surface area contributed by atoms with Gasteiger partial charge in [-0.05, 0) is 35.9 Å². The van der Waals surface area contributed by atoms with Gasteiger partial charge in [-0.2, -0.15) is 0 Å². The molecule has 0 radical (unpaired) electrons. The molecule has 132 valence electrons. The number of urea groups is 1. The summed E-state index contributed by atoms with van der Waals surface area (Å²) in [6.45, 7) is 3.23. The lowest BCUT2D eigenvalue weighted by Crippen LogP contribution is -2.36. The largest absolute Gasteiger partial charge is 0.378 e.